The van der Waals surface area contributed by atoms with Crippen molar-refractivity contribution in [2.75, 3.05) is 26.7 Å². The molecule has 9 heteroatoms. The van der Waals surface area contributed by atoms with Crippen LogP contribution in [-0.4, -0.2) is 47.1 Å². The number of imidazole rings is 1. The van der Waals surface area contributed by atoms with Gasteiger partial charge >= 0.3 is 0 Å². The fourth-order valence-corrected chi connectivity index (χ4v) is 4.68. The number of likely N-dealkylation sites (tertiary alicyclic amines) is 1. The third-order valence-electron chi connectivity index (χ3n) is 5.39. The highest BCUT2D eigenvalue weighted by Gasteiger charge is 2.24. The maximum Gasteiger partial charge on any atom is 0.191 e. The van der Waals surface area contributed by atoms with E-state index >= 15 is 0 Å². The molecule has 3 heterocycles. The molecule has 31 heavy (non-hydrogen) atoms. The fraction of sp³-hybridized carbons (Fsp3) is 0.364. The lowest BCUT2D eigenvalue weighted by molar-refractivity contribution is 0.249. The van der Waals surface area contributed by atoms with Crippen LogP contribution >= 0.6 is 35.3 Å². The van der Waals surface area contributed by atoms with Crippen molar-refractivity contribution in [3.05, 3.63) is 70.7 Å². The summed E-state index contributed by atoms with van der Waals surface area (Å²) in [5.74, 6) is 0.442. The first-order chi connectivity index (χ1) is 14.7. The standard InChI is InChI=1S/C22H27FN6S.HI/c1-24-22(27-15-20(21-5-4-12-30-21)28-9-2-3-10-28)26-14-17-6-7-19(18(23)13-17)29-11-8-25-16-29;/h4-8,11-13,16,20H,2-3,9-10,14-15H2,1H3,(H2,24,26,27);1H. The number of aliphatic imine (C=N–C) groups is 1. The number of nitrogens with zero attached hydrogens (tertiary/aromatic N) is 4. The minimum absolute atomic E-state index is 0. The summed E-state index contributed by atoms with van der Waals surface area (Å²) in [6.07, 6.45) is 7.47. The molecule has 0 amide bonds. The SMILES string of the molecule is CN=C(NCc1ccc(-n2ccnc2)c(F)c1)NCC(c1cccs1)N1CCCC1.I. The predicted octanol–water partition coefficient (Wildman–Crippen LogP) is 4.19. The molecule has 1 aliphatic heterocycles. The third-order valence-corrected chi connectivity index (χ3v) is 6.37. The molecule has 2 aromatic heterocycles. The molecule has 1 fully saturated rings. The first kappa shape index (κ1) is 23.7. The topological polar surface area (TPSA) is 57.5 Å². The minimum atomic E-state index is -0.276. The van der Waals surface area contributed by atoms with E-state index < -0.39 is 0 Å². The molecular weight excluding hydrogens is 526 g/mol. The van der Waals surface area contributed by atoms with Crippen LogP contribution in [0.4, 0.5) is 4.39 Å². The van der Waals surface area contributed by atoms with E-state index in [1.165, 1.54) is 17.7 Å². The normalized spacial score (nSPS) is 15.5. The van der Waals surface area contributed by atoms with Crippen LogP contribution in [0.15, 0.2) is 59.4 Å². The molecule has 6 nitrogen and oxygen atoms in total. The van der Waals surface area contributed by atoms with Gasteiger partial charge in [-0.25, -0.2) is 9.37 Å². The lowest BCUT2D eigenvalue weighted by Gasteiger charge is -2.27. The van der Waals surface area contributed by atoms with Crippen molar-refractivity contribution >= 4 is 41.3 Å². The van der Waals surface area contributed by atoms with E-state index in [4.69, 9.17) is 0 Å². The Hall–Kier alpha value is -1.98. The highest BCUT2D eigenvalue weighted by atomic mass is 127. The summed E-state index contributed by atoms with van der Waals surface area (Å²) in [7, 11) is 1.76. The van der Waals surface area contributed by atoms with Gasteiger partial charge in [-0.3, -0.25) is 9.89 Å². The van der Waals surface area contributed by atoms with Crippen LogP contribution in [0.25, 0.3) is 5.69 Å². The molecule has 0 saturated carbocycles. The van der Waals surface area contributed by atoms with Crippen molar-refractivity contribution < 1.29 is 4.39 Å². The van der Waals surface area contributed by atoms with Gasteiger partial charge in [-0.05, 0) is 55.1 Å². The quantitative estimate of drug-likeness (QED) is 0.261. The van der Waals surface area contributed by atoms with Crippen LogP contribution < -0.4 is 10.6 Å². The number of thiophene rings is 1. The number of guanidine groups is 1. The Morgan fingerprint density at radius 2 is 2.10 bits per heavy atom. The molecule has 1 unspecified atom stereocenters. The van der Waals surface area contributed by atoms with Gasteiger partial charge in [0.1, 0.15) is 5.82 Å². The largest absolute Gasteiger partial charge is 0.354 e. The number of rotatable bonds is 7. The molecule has 0 aliphatic carbocycles. The average molecular weight is 554 g/mol. The summed E-state index contributed by atoms with van der Waals surface area (Å²) in [4.78, 5) is 12.2. The fourth-order valence-electron chi connectivity index (χ4n) is 3.81. The van der Waals surface area contributed by atoms with Gasteiger partial charge in [0.2, 0.25) is 0 Å². The Bertz CT molecular complexity index is 955. The average Bonchev–Trinajstić information content (AvgIpc) is 3.54. The molecule has 1 aliphatic rings. The van der Waals surface area contributed by atoms with Crippen LogP contribution in [0.3, 0.4) is 0 Å². The minimum Gasteiger partial charge on any atom is -0.354 e. The Balaban J connectivity index is 0.00000272. The van der Waals surface area contributed by atoms with Gasteiger partial charge in [0.15, 0.2) is 5.96 Å². The second-order valence-electron chi connectivity index (χ2n) is 7.34. The summed E-state index contributed by atoms with van der Waals surface area (Å²) in [5.41, 5.74) is 1.34. The monoisotopic (exact) mass is 554 g/mol. The Morgan fingerprint density at radius 1 is 1.26 bits per heavy atom. The first-order valence-corrected chi connectivity index (χ1v) is 11.1. The number of hydrogen-bond donors (Lipinski definition) is 2. The molecule has 0 radical (unpaired) electrons. The van der Waals surface area contributed by atoms with Gasteiger partial charge in [0, 0.05) is 37.4 Å². The zero-order valence-corrected chi connectivity index (χ0v) is 20.6. The Morgan fingerprint density at radius 3 is 2.74 bits per heavy atom. The van der Waals surface area contributed by atoms with Gasteiger partial charge < -0.3 is 15.2 Å². The van der Waals surface area contributed by atoms with E-state index in [9.17, 15) is 4.39 Å². The van der Waals surface area contributed by atoms with Gasteiger partial charge in [-0.2, -0.15) is 0 Å². The number of halogens is 2. The number of aromatic nitrogens is 2. The van der Waals surface area contributed by atoms with Crippen molar-refractivity contribution in [2.45, 2.75) is 25.4 Å². The van der Waals surface area contributed by atoms with Gasteiger partial charge in [0.25, 0.3) is 0 Å². The molecule has 4 rings (SSSR count). The van der Waals surface area contributed by atoms with Crippen molar-refractivity contribution in [3.8, 4) is 5.69 Å². The maximum atomic E-state index is 14.5. The first-order valence-electron chi connectivity index (χ1n) is 10.2. The van der Waals surface area contributed by atoms with Crippen LogP contribution in [0.1, 0.15) is 29.3 Å². The molecule has 3 aromatic rings. The summed E-state index contributed by atoms with van der Waals surface area (Å²) in [6.45, 7) is 3.56. The molecule has 166 valence electrons. The van der Waals surface area contributed by atoms with E-state index in [-0.39, 0.29) is 29.8 Å². The smallest absolute Gasteiger partial charge is 0.191 e. The van der Waals surface area contributed by atoms with Crippen LogP contribution in [0.5, 0.6) is 0 Å². The summed E-state index contributed by atoms with van der Waals surface area (Å²) < 4.78 is 16.1. The molecule has 1 saturated heterocycles. The molecule has 2 N–H and O–H groups in total. The molecule has 0 spiro atoms. The van der Waals surface area contributed by atoms with Crippen LogP contribution in [0, 0.1) is 5.82 Å². The summed E-state index contributed by atoms with van der Waals surface area (Å²) >= 11 is 1.80. The second kappa shape index (κ2) is 11.6. The Labute approximate surface area is 203 Å². The lowest BCUT2D eigenvalue weighted by atomic mass is 10.2. The van der Waals surface area contributed by atoms with Crippen molar-refractivity contribution in [1.29, 1.82) is 0 Å². The predicted molar refractivity (Wildman–Crippen MR) is 135 cm³/mol. The van der Waals surface area contributed by atoms with Crippen molar-refractivity contribution in [3.63, 3.8) is 0 Å². The highest BCUT2D eigenvalue weighted by molar-refractivity contribution is 14.0. The molecule has 0 bridgehead atoms. The molecule has 1 atom stereocenters. The van der Waals surface area contributed by atoms with Crippen LogP contribution in [-0.2, 0) is 6.54 Å². The van der Waals surface area contributed by atoms with E-state index in [0.29, 0.717) is 18.3 Å². The van der Waals surface area contributed by atoms with Crippen molar-refractivity contribution in [1.82, 2.24) is 25.1 Å². The third kappa shape index (κ3) is 6.05. The Kier molecular flexibility index (Phi) is 8.85. The summed E-state index contributed by atoms with van der Waals surface area (Å²) in [6, 6.07) is 9.89. The zero-order chi connectivity index (χ0) is 20.8. The molecular formula is C22H28FIN6S. The van der Waals surface area contributed by atoms with Crippen LogP contribution in [0.2, 0.25) is 0 Å². The number of hydrogen-bond acceptors (Lipinski definition) is 4. The van der Waals surface area contributed by atoms with Gasteiger partial charge in [-0.1, -0.05) is 12.1 Å². The van der Waals surface area contributed by atoms with Gasteiger partial charge in [0.05, 0.1) is 18.1 Å². The van der Waals surface area contributed by atoms with Crippen molar-refractivity contribution in [2.24, 2.45) is 4.99 Å². The lowest BCUT2D eigenvalue weighted by Crippen LogP contribution is -2.42. The summed E-state index contributed by atoms with van der Waals surface area (Å²) in [5, 5.41) is 8.88. The van der Waals surface area contributed by atoms with E-state index in [0.717, 1.165) is 31.2 Å². The zero-order valence-electron chi connectivity index (χ0n) is 17.5. The van der Waals surface area contributed by atoms with E-state index in [2.05, 4.69) is 43.0 Å². The molecule has 1 aromatic carbocycles. The van der Waals surface area contributed by atoms with E-state index in [1.54, 1.807) is 53.8 Å². The number of nitrogens with one attached hydrogen (secondary N) is 2. The maximum absolute atomic E-state index is 14.5. The highest BCUT2D eigenvalue weighted by Crippen LogP contribution is 2.27. The van der Waals surface area contributed by atoms with E-state index in [1.807, 2.05) is 6.07 Å². The van der Waals surface area contributed by atoms with Gasteiger partial charge in [-0.15, -0.1) is 35.3 Å². The number of benzene rings is 1. The second-order valence-corrected chi connectivity index (χ2v) is 8.32.